The van der Waals surface area contributed by atoms with E-state index in [1.807, 2.05) is 19.1 Å². The number of carbonyl (C=O) groups excluding carboxylic acids is 1. The third-order valence-corrected chi connectivity index (χ3v) is 4.76. The van der Waals surface area contributed by atoms with E-state index in [1.165, 1.54) is 4.90 Å². The molecule has 1 aliphatic rings. The van der Waals surface area contributed by atoms with Crippen LogP contribution < -0.4 is 0 Å². The summed E-state index contributed by atoms with van der Waals surface area (Å²) >= 11 is 2.11. The molecule has 0 spiro atoms. The highest BCUT2D eigenvalue weighted by Crippen LogP contribution is 2.34. The van der Waals surface area contributed by atoms with E-state index in [2.05, 4.69) is 22.6 Å². The number of carbonyl (C=O) groups is 2. The maximum atomic E-state index is 12.6. The number of hydrogen-bond donors (Lipinski definition) is 1. The van der Waals surface area contributed by atoms with Crippen LogP contribution in [0.5, 0.6) is 0 Å². The number of halogens is 1. The molecule has 1 N–H and O–H groups in total. The van der Waals surface area contributed by atoms with Crippen molar-refractivity contribution < 1.29 is 14.7 Å². The van der Waals surface area contributed by atoms with E-state index in [4.69, 9.17) is 0 Å². The molecule has 1 aromatic rings. The number of carboxylic acid groups (broad SMARTS) is 1. The minimum Gasteiger partial charge on any atom is -0.479 e. The Labute approximate surface area is 125 Å². The fourth-order valence-corrected chi connectivity index (χ4v) is 3.31. The Morgan fingerprint density at radius 3 is 2.68 bits per heavy atom. The Kier molecular flexibility index (Phi) is 4.13. The molecular weight excluding hydrogens is 357 g/mol. The van der Waals surface area contributed by atoms with Crippen molar-refractivity contribution in [1.82, 2.24) is 4.90 Å². The molecule has 1 saturated heterocycles. The van der Waals surface area contributed by atoms with Crippen LogP contribution in [-0.4, -0.2) is 34.0 Å². The van der Waals surface area contributed by atoms with Gasteiger partial charge in [-0.1, -0.05) is 19.1 Å². The van der Waals surface area contributed by atoms with Gasteiger partial charge in [0.05, 0.1) is 5.56 Å². The second kappa shape index (κ2) is 5.48. The molecule has 2 rings (SSSR count). The second-order valence-electron chi connectivity index (χ2n) is 4.73. The van der Waals surface area contributed by atoms with Crippen molar-refractivity contribution in [3.8, 4) is 0 Å². The number of likely N-dealkylation sites (tertiary alicyclic amines) is 1. The van der Waals surface area contributed by atoms with Crippen LogP contribution in [0.4, 0.5) is 0 Å². The normalized spacial score (nSPS) is 22.5. The van der Waals surface area contributed by atoms with Gasteiger partial charge >= 0.3 is 5.97 Å². The molecule has 1 amide bonds. The Balaban J connectivity index is 2.38. The van der Waals surface area contributed by atoms with Crippen molar-refractivity contribution in [2.24, 2.45) is 0 Å². The monoisotopic (exact) mass is 373 g/mol. The second-order valence-corrected chi connectivity index (χ2v) is 5.89. The lowest BCUT2D eigenvalue weighted by Gasteiger charge is -2.34. The molecule has 4 nitrogen and oxygen atoms in total. The van der Waals surface area contributed by atoms with Crippen molar-refractivity contribution in [2.45, 2.75) is 31.7 Å². The molecule has 19 heavy (non-hydrogen) atoms. The first-order valence-electron chi connectivity index (χ1n) is 6.33. The van der Waals surface area contributed by atoms with Gasteiger partial charge in [-0.05, 0) is 54.0 Å². The number of amides is 1. The van der Waals surface area contributed by atoms with E-state index in [1.54, 1.807) is 12.1 Å². The summed E-state index contributed by atoms with van der Waals surface area (Å²) in [6.07, 6.45) is 1.72. The zero-order chi connectivity index (χ0) is 14.0. The highest BCUT2D eigenvalue weighted by molar-refractivity contribution is 14.1. The van der Waals surface area contributed by atoms with Gasteiger partial charge in [0.15, 0.2) is 0 Å². The number of hydrogen-bond acceptors (Lipinski definition) is 2. The first kappa shape index (κ1) is 14.3. The van der Waals surface area contributed by atoms with Gasteiger partial charge in [-0.3, -0.25) is 4.79 Å². The van der Waals surface area contributed by atoms with Crippen molar-refractivity contribution in [2.75, 3.05) is 6.54 Å². The maximum absolute atomic E-state index is 12.6. The fourth-order valence-electron chi connectivity index (χ4n) is 2.70. The van der Waals surface area contributed by atoms with Gasteiger partial charge in [0.25, 0.3) is 5.91 Å². The quantitative estimate of drug-likeness (QED) is 0.830. The zero-order valence-corrected chi connectivity index (χ0v) is 12.9. The summed E-state index contributed by atoms with van der Waals surface area (Å²) in [5.41, 5.74) is -0.445. The van der Waals surface area contributed by atoms with E-state index in [0.717, 1.165) is 9.99 Å². The van der Waals surface area contributed by atoms with Gasteiger partial charge in [-0.25, -0.2) is 4.79 Å². The molecule has 1 heterocycles. The molecule has 5 heteroatoms. The largest absolute Gasteiger partial charge is 0.479 e. The summed E-state index contributed by atoms with van der Waals surface area (Å²) in [4.78, 5) is 25.7. The van der Waals surface area contributed by atoms with E-state index in [0.29, 0.717) is 24.9 Å². The standard InChI is InChI=1S/C14H16INO3/c1-2-14(13(18)19)8-5-9-16(14)12(17)10-6-3-4-7-11(10)15/h3-4,6-7H,2,5,8-9H2,1H3,(H,18,19). The zero-order valence-electron chi connectivity index (χ0n) is 10.7. The summed E-state index contributed by atoms with van der Waals surface area (Å²) < 4.78 is 0.854. The minimum atomic E-state index is -1.03. The molecule has 0 aliphatic carbocycles. The molecular formula is C14H16INO3. The summed E-state index contributed by atoms with van der Waals surface area (Å²) in [5, 5.41) is 9.50. The van der Waals surface area contributed by atoms with E-state index >= 15 is 0 Å². The summed E-state index contributed by atoms with van der Waals surface area (Å²) in [6, 6.07) is 7.29. The van der Waals surface area contributed by atoms with Crippen LogP contribution in [0, 0.1) is 3.57 Å². The van der Waals surface area contributed by atoms with Gasteiger partial charge in [0, 0.05) is 10.1 Å². The van der Waals surface area contributed by atoms with Crippen molar-refractivity contribution in [1.29, 1.82) is 0 Å². The lowest BCUT2D eigenvalue weighted by atomic mass is 9.92. The maximum Gasteiger partial charge on any atom is 0.329 e. The number of nitrogens with zero attached hydrogens (tertiary/aromatic N) is 1. The van der Waals surface area contributed by atoms with Crippen LogP contribution in [0.3, 0.4) is 0 Å². The Hall–Kier alpha value is -1.11. The fraction of sp³-hybridized carbons (Fsp3) is 0.429. The van der Waals surface area contributed by atoms with E-state index < -0.39 is 11.5 Å². The van der Waals surface area contributed by atoms with Crippen molar-refractivity contribution in [3.05, 3.63) is 33.4 Å². The molecule has 0 saturated carbocycles. The Morgan fingerprint density at radius 1 is 1.42 bits per heavy atom. The lowest BCUT2D eigenvalue weighted by Crippen LogP contribution is -2.52. The van der Waals surface area contributed by atoms with Crippen molar-refractivity contribution >= 4 is 34.5 Å². The molecule has 1 fully saturated rings. The van der Waals surface area contributed by atoms with Gasteiger partial charge in [0.2, 0.25) is 0 Å². The highest BCUT2D eigenvalue weighted by Gasteiger charge is 2.48. The predicted octanol–water partition coefficient (Wildman–Crippen LogP) is 2.76. The molecule has 0 aromatic heterocycles. The molecule has 1 aliphatic heterocycles. The third-order valence-electron chi connectivity index (χ3n) is 3.82. The van der Waals surface area contributed by atoms with Gasteiger partial charge in [-0.2, -0.15) is 0 Å². The number of aliphatic carboxylic acids is 1. The highest BCUT2D eigenvalue weighted by atomic mass is 127. The predicted molar refractivity (Wildman–Crippen MR) is 80.1 cm³/mol. The van der Waals surface area contributed by atoms with Gasteiger partial charge in [-0.15, -0.1) is 0 Å². The molecule has 0 bridgehead atoms. The first-order chi connectivity index (χ1) is 9.03. The van der Waals surface area contributed by atoms with Gasteiger partial charge in [0.1, 0.15) is 5.54 Å². The molecule has 0 radical (unpaired) electrons. The van der Waals surface area contributed by atoms with Crippen LogP contribution in [0.15, 0.2) is 24.3 Å². The average Bonchev–Trinajstić information content (AvgIpc) is 2.83. The summed E-state index contributed by atoms with van der Waals surface area (Å²) in [7, 11) is 0. The van der Waals surface area contributed by atoms with Crippen LogP contribution in [0.25, 0.3) is 0 Å². The average molecular weight is 373 g/mol. The molecule has 1 atom stereocenters. The minimum absolute atomic E-state index is 0.174. The lowest BCUT2D eigenvalue weighted by molar-refractivity contribution is -0.148. The number of benzene rings is 1. The van der Waals surface area contributed by atoms with E-state index in [-0.39, 0.29) is 5.91 Å². The van der Waals surface area contributed by atoms with Crippen LogP contribution in [-0.2, 0) is 4.79 Å². The van der Waals surface area contributed by atoms with Crippen LogP contribution in [0.1, 0.15) is 36.5 Å². The number of rotatable bonds is 3. The topological polar surface area (TPSA) is 57.6 Å². The first-order valence-corrected chi connectivity index (χ1v) is 7.40. The van der Waals surface area contributed by atoms with Crippen LogP contribution in [0.2, 0.25) is 0 Å². The Morgan fingerprint density at radius 2 is 2.11 bits per heavy atom. The SMILES string of the molecule is CCC1(C(=O)O)CCCN1C(=O)c1ccccc1I. The summed E-state index contributed by atoms with van der Waals surface area (Å²) in [5.74, 6) is -1.07. The molecule has 1 aromatic carbocycles. The number of carboxylic acids is 1. The Bertz CT molecular complexity index is 517. The van der Waals surface area contributed by atoms with Crippen LogP contribution >= 0.6 is 22.6 Å². The van der Waals surface area contributed by atoms with Gasteiger partial charge < -0.3 is 10.0 Å². The molecule has 102 valence electrons. The molecule has 1 unspecified atom stereocenters. The van der Waals surface area contributed by atoms with Crippen molar-refractivity contribution in [3.63, 3.8) is 0 Å². The summed E-state index contributed by atoms with van der Waals surface area (Å²) in [6.45, 7) is 2.35. The van der Waals surface area contributed by atoms with E-state index in [9.17, 15) is 14.7 Å². The third kappa shape index (κ3) is 2.35. The smallest absolute Gasteiger partial charge is 0.329 e.